The van der Waals surface area contributed by atoms with Gasteiger partial charge in [-0.2, -0.15) is 0 Å². The average Bonchev–Trinajstić information content (AvgIpc) is 2.01. The van der Waals surface area contributed by atoms with Crippen molar-refractivity contribution in [3.05, 3.63) is 0 Å². The van der Waals surface area contributed by atoms with Crippen LogP contribution < -0.4 is 5.73 Å². The first-order chi connectivity index (χ1) is 5.70. The molecule has 0 aliphatic carbocycles. The normalized spacial score (nSPS) is 13.8. The predicted octanol–water partition coefficient (Wildman–Crippen LogP) is 1.85. The maximum atomic E-state index is 5.95. The van der Waals surface area contributed by atoms with Crippen molar-refractivity contribution in [2.24, 2.45) is 5.73 Å². The van der Waals surface area contributed by atoms with Gasteiger partial charge >= 0.3 is 0 Å². The maximum Gasteiger partial charge on any atom is 0.0167 e. The quantitative estimate of drug-likeness (QED) is 0.635. The van der Waals surface area contributed by atoms with Gasteiger partial charge < -0.3 is 10.6 Å². The summed E-state index contributed by atoms with van der Waals surface area (Å²) in [5, 5.41) is 0. The van der Waals surface area contributed by atoms with Crippen LogP contribution in [0.5, 0.6) is 0 Å². The van der Waals surface area contributed by atoms with E-state index in [2.05, 4.69) is 25.8 Å². The van der Waals surface area contributed by atoms with Crippen molar-refractivity contribution < 1.29 is 0 Å². The smallest absolute Gasteiger partial charge is 0.0167 e. The van der Waals surface area contributed by atoms with Gasteiger partial charge in [0.1, 0.15) is 0 Å². The highest BCUT2D eigenvalue weighted by Gasteiger charge is 2.04. The second kappa shape index (κ2) is 7.56. The molecule has 1 atom stereocenters. The Hall–Kier alpha value is -0.0800. The van der Waals surface area contributed by atoms with E-state index in [9.17, 15) is 0 Å². The molecule has 0 spiro atoms. The van der Waals surface area contributed by atoms with E-state index in [1.54, 1.807) is 0 Å². The first-order valence-corrected chi connectivity index (χ1v) is 5.14. The Labute approximate surface area is 77.1 Å². The van der Waals surface area contributed by atoms with Crippen LogP contribution in [0.1, 0.15) is 39.5 Å². The largest absolute Gasteiger partial charge is 0.327 e. The van der Waals surface area contributed by atoms with E-state index in [1.807, 2.05) is 0 Å². The summed E-state index contributed by atoms with van der Waals surface area (Å²) in [6.07, 6.45) is 4.91. The summed E-state index contributed by atoms with van der Waals surface area (Å²) in [5.41, 5.74) is 5.95. The lowest BCUT2D eigenvalue weighted by atomic mass is 10.1. The topological polar surface area (TPSA) is 29.3 Å². The lowest BCUT2D eigenvalue weighted by Gasteiger charge is -2.20. The zero-order valence-corrected chi connectivity index (χ0v) is 8.84. The van der Waals surface area contributed by atoms with E-state index in [-0.39, 0.29) is 0 Å². The molecule has 0 saturated heterocycles. The van der Waals surface area contributed by atoms with Crippen molar-refractivity contribution in [2.75, 3.05) is 20.1 Å². The molecule has 0 radical (unpaired) electrons. The number of nitrogens with zero attached hydrogens (tertiary/aromatic N) is 1. The monoisotopic (exact) mass is 172 g/mol. The summed E-state index contributed by atoms with van der Waals surface area (Å²) in [5.74, 6) is 0. The molecule has 0 bridgehead atoms. The Bertz CT molecular complexity index is 93.8. The highest BCUT2D eigenvalue weighted by molar-refractivity contribution is 4.65. The zero-order chi connectivity index (χ0) is 9.40. The summed E-state index contributed by atoms with van der Waals surface area (Å²) in [6.45, 7) is 6.63. The van der Waals surface area contributed by atoms with Crippen molar-refractivity contribution in [1.29, 1.82) is 0 Å². The molecule has 0 aliphatic rings. The Morgan fingerprint density at radius 1 is 1.25 bits per heavy atom. The number of nitrogens with two attached hydrogens (primary N) is 1. The zero-order valence-electron chi connectivity index (χ0n) is 8.84. The summed E-state index contributed by atoms with van der Waals surface area (Å²) in [6, 6.07) is 0.376. The summed E-state index contributed by atoms with van der Waals surface area (Å²) >= 11 is 0. The van der Waals surface area contributed by atoms with E-state index >= 15 is 0 Å². The van der Waals surface area contributed by atoms with Gasteiger partial charge in [0, 0.05) is 12.6 Å². The van der Waals surface area contributed by atoms with E-state index in [1.165, 1.54) is 32.2 Å². The summed E-state index contributed by atoms with van der Waals surface area (Å²) in [7, 11) is 2.15. The number of hydrogen-bond acceptors (Lipinski definition) is 2. The van der Waals surface area contributed by atoms with Gasteiger partial charge in [-0.15, -0.1) is 0 Å². The minimum Gasteiger partial charge on any atom is -0.327 e. The highest BCUT2D eigenvalue weighted by atomic mass is 15.1. The first kappa shape index (κ1) is 11.9. The van der Waals surface area contributed by atoms with Gasteiger partial charge in [-0.1, -0.05) is 26.7 Å². The molecular weight excluding hydrogens is 148 g/mol. The minimum absolute atomic E-state index is 0.376. The predicted molar refractivity (Wildman–Crippen MR) is 55.3 cm³/mol. The van der Waals surface area contributed by atoms with E-state index < -0.39 is 0 Å². The van der Waals surface area contributed by atoms with Gasteiger partial charge in [0.25, 0.3) is 0 Å². The molecule has 74 valence electrons. The highest BCUT2D eigenvalue weighted by Crippen LogP contribution is 1.99. The molecule has 0 aromatic rings. The van der Waals surface area contributed by atoms with Crippen molar-refractivity contribution in [2.45, 2.75) is 45.6 Å². The Morgan fingerprint density at radius 3 is 2.42 bits per heavy atom. The van der Waals surface area contributed by atoms with Crippen LogP contribution in [0.15, 0.2) is 0 Å². The third kappa shape index (κ3) is 6.62. The number of hydrogen-bond donors (Lipinski definition) is 1. The summed E-state index contributed by atoms with van der Waals surface area (Å²) < 4.78 is 0. The van der Waals surface area contributed by atoms with Crippen LogP contribution in [0, 0.1) is 0 Å². The summed E-state index contributed by atoms with van der Waals surface area (Å²) in [4.78, 5) is 2.32. The molecular formula is C10H24N2. The Balaban J connectivity index is 3.33. The van der Waals surface area contributed by atoms with Crippen LogP contribution in [0.4, 0.5) is 0 Å². The van der Waals surface area contributed by atoms with Gasteiger partial charge in [0.15, 0.2) is 0 Å². The van der Waals surface area contributed by atoms with Crippen molar-refractivity contribution in [1.82, 2.24) is 4.90 Å². The standard InChI is InChI=1S/C10H24N2/c1-4-6-7-10(11)9-12(3)8-5-2/h10H,4-9,11H2,1-3H3. The lowest BCUT2D eigenvalue weighted by Crippen LogP contribution is -2.35. The second-order valence-corrected chi connectivity index (χ2v) is 3.66. The SMILES string of the molecule is CCCCC(N)CN(C)CCC. The average molecular weight is 172 g/mol. The second-order valence-electron chi connectivity index (χ2n) is 3.66. The third-order valence-electron chi connectivity index (χ3n) is 2.08. The third-order valence-corrected chi connectivity index (χ3v) is 2.08. The molecule has 0 rings (SSSR count). The molecule has 2 heteroatoms. The molecule has 2 nitrogen and oxygen atoms in total. The van der Waals surface area contributed by atoms with Crippen LogP contribution in [-0.2, 0) is 0 Å². The van der Waals surface area contributed by atoms with Crippen LogP contribution in [-0.4, -0.2) is 31.1 Å². The number of rotatable bonds is 7. The van der Waals surface area contributed by atoms with Crippen molar-refractivity contribution in [3.63, 3.8) is 0 Å². The molecule has 2 N–H and O–H groups in total. The molecule has 0 aromatic heterocycles. The van der Waals surface area contributed by atoms with Gasteiger partial charge in [-0.05, 0) is 26.4 Å². The van der Waals surface area contributed by atoms with Gasteiger partial charge in [-0.25, -0.2) is 0 Å². The number of unbranched alkanes of at least 4 members (excludes halogenated alkanes) is 1. The molecule has 12 heavy (non-hydrogen) atoms. The van der Waals surface area contributed by atoms with E-state index in [4.69, 9.17) is 5.73 Å². The van der Waals surface area contributed by atoms with E-state index in [0.717, 1.165) is 6.54 Å². The molecule has 0 aliphatic heterocycles. The lowest BCUT2D eigenvalue weighted by molar-refractivity contribution is 0.303. The molecule has 0 heterocycles. The molecule has 0 fully saturated rings. The maximum absolute atomic E-state index is 5.95. The van der Waals surface area contributed by atoms with Gasteiger partial charge in [-0.3, -0.25) is 0 Å². The van der Waals surface area contributed by atoms with Crippen molar-refractivity contribution >= 4 is 0 Å². The Morgan fingerprint density at radius 2 is 1.92 bits per heavy atom. The van der Waals surface area contributed by atoms with Crippen LogP contribution in [0.3, 0.4) is 0 Å². The van der Waals surface area contributed by atoms with Gasteiger partial charge in [0.05, 0.1) is 0 Å². The molecule has 0 saturated carbocycles. The fraction of sp³-hybridized carbons (Fsp3) is 1.00. The minimum atomic E-state index is 0.376. The molecule has 1 unspecified atom stereocenters. The van der Waals surface area contributed by atoms with Crippen LogP contribution in [0.2, 0.25) is 0 Å². The van der Waals surface area contributed by atoms with Crippen LogP contribution >= 0.6 is 0 Å². The number of likely N-dealkylation sites (N-methyl/N-ethyl adjacent to an activating group) is 1. The fourth-order valence-corrected chi connectivity index (χ4v) is 1.43. The van der Waals surface area contributed by atoms with E-state index in [0.29, 0.717) is 6.04 Å². The molecule has 0 aromatic carbocycles. The Kier molecular flexibility index (Phi) is 7.51. The molecule has 0 amide bonds. The first-order valence-electron chi connectivity index (χ1n) is 5.14. The fourth-order valence-electron chi connectivity index (χ4n) is 1.43. The van der Waals surface area contributed by atoms with Crippen LogP contribution in [0.25, 0.3) is 0 Å². The van der Waals surface area contributed by atoms with Gasteiger partial charge in [0.2, 0.25) is 0 Å². The van der Waals surface area contributed by atoms with Crippen molar-refractivity contribution in [3.8, 4) is 0 Å².